The molecule has 2 rings (SSSR count). The molecule has 1 heterocycles. The third-order valence-electron chi connectivity index (χ3n) is 3.52. The molecule has 1 aliphatic heterocycles. The first-order valence-electron chi connectivity index (χ1n) is 7.49. The number of morpholine rings is 1. The van der Waals surface area contributed by atoms with Crippen molar-refractivity contribution in [3.8, 4) is 0 Å². The first-order valence-corrected chi connectivity index (χ1v) is 7.49. The molecule has 0 bridgehead atoms. The lowest BCUT2D eigenvalue weighted by molar-refractivity contribution is -0.136. The fourth-order valence-electron chi connectivity index (χ4n) is 2.33. The molecule has 2 amide bonds. The topological polar surface area (TPSA) is 62.8 Å². The Hall–Kier alpha value is -2.00. The van der Waals surface area contributed by atoms with Crippen LogP contribution in [0.2, 0.25) is 0 Å². The van der Waals surface area contributed by atoms with Crippen molar-refractivity contribution < 1.29 is 27.4 Å². The van der Waals surface area contributed by atoms with Gasteiger partial charge in [-0.3, -0.25) is 0 Å². The highest BCUT2D eigenvalue weighted by Gasteiger charge is 2.34. The van der Waals surface area contributed by atoms with Gasteiger partial charge in [0, 0.05) is 32.4 Å². The maximum atomic E-state index is 13.3. The van der Waals surface area contributed by atoms with E-state index >= 15 is 0 Å². The quantitative estimate of drug-likeness (QED) is 0.803. The summed E-state index contributed by atoms with van der Waals surface area (Å²) in [6.45, 7) is 2.49. The average molecular weight is 347 g/mol. The Morgan fingerprint density at radius 3 is 2.67 bits per heavy atom. The second-order valence-corrected chi connectivity index (χ2v) is 5.20. The molecule has 2 N–H and O–H groups in total. The van der Waals surface area contributed by atoms with Crippen molar-refractivity contribution in [2.45, 2.75) is 6.18 Å². The van der Waals surface area contributed by atoms with Crippen molar-refractivity contribution in [3.05, 3.63) is 23.8 Å². The molecule has 134 valence electrons. The Morgan fingerprint density at radius 1 is 1.33 bits per heavy atom. The van der Waals surface area contributed by atoms with Crippen molar-refractivity contribution in [1.29, 1.82) is 0 Å². The van der Waals surface area contributed by atoms with E-state index in [1.54, 1.807) is 6.07 Å². The highest BCUT2D eigenvalue weighted by Crippen LogP contribution is 2.37. The number of urea groups is 1. The molecule has 6 nitrogen and oxygen atoms in total. The first-order chi connectivity index (χ1) is 11.4. The number of nitrogens with one attached hydrogen (secondary N) is 2. The van der Waals surface area contributed by atoms with E-state index in [0.717, 1.165) is 6.07 Å². The maximum Gasteiger partial charge on any atom is 0.418 e. The van der Waals surface area contributed by atoms with E-state index < -0.39 is 17.8 Å². The Bertz CT molecular complexity index is 561. The minimum absolute atomic E-state index is 0.204. The van der Waals surface area contributed by atoms with Gasteiger partial charge in [0.2, 0.25) is 0 Å². The van der Waals surface area contributed by atoms with Gasteiger partial charge in [-0.2, -0.15) is 13.2 Å². The fourth-order valence-corrected chi connectivity index (χ4v) is 2.33. The highest BCUT2D eigenvalue weighted by molar-refractivity contribution is 5.90. The predicted molar refractivity (Wildman–Crippen MR) is 83.4 cm³/mol. The Balaban J connectivity index is 2.16. The molecule has 0 aromatic heterocycles. The molecule has 0 aliphatic carbocycles. The number of amides is 2. The molecular formula is C15H20F3N3O3. The summed E-state index contributed by atoms with van der Waals surface area (Å²) < 4.78 is 49.9. The Labute approximate surface area is 137 Å². The van der Waals surface area contributed by atoms with Crippen LogP contribution in [0.1, 0.15) is 5.56 Å². The summed E-state index contributed by atoms with van der Waals surface area (Å²) in [6.07, 6.45) is -4.57. The zero-order valence-corrected chi connectivity index (χ0v) is 13.3. The van der Waals surface area contributed by atoms with Crippen LogP contribution >= 0.6 is 0 Å². The second-order valence-electron chi connectivity index (χ2n) is 5.20. The van der Waals surface area contributed by atoms with Crippen molar-refractivity contribution in [2.24, 2.45) is 0 Å². The van der Waals surface area contributed by atoms with Crippen molar-refractivity contribution in [1.82, 2.24) is 5.32 Å². The van der Waals surface area contributed by atoms with E-state index in [-0.39, 0.29) is 18.8 Å². The zero-order chi connectivity index (χ0) is 17.6. The third kappa shape index (κ3) is 5.00. The highest BCUT2D eigenvalue weighted by atomic mass is 19.4. The summed E-state index contributed by atoms with van der Waals surface area (Å²) in [5.74, 6) is 0. The molecule has 1 saturated heterocycles. The molecule has 1 fully saturated rings. The van der Waals surface area contributed by atoms with Crippen LogP contribution in [-0.2, 0) is 15.7 Å². The predicted octanol–water partition coefficient (Wildman–Crippen LogP) is 2.31. The number of carbonyl (C=O) groups is 1. The summed E-state index contributed by atoms with van der Waals surface area (Å²) in [5.41, 5.74) is -0.709. The summed E-state index contributed by atoms with van der Waals surface area (Å²) in [6, 6.07) is 3.17. The number of rotatable bonds is 5. The van der Waals surface area contributed by atoms with Gasteiger partial charge in [0.15, 0.2) is 0 Å². The summed E-state index contributed by atoms with van der Waals surface area (Å²) in [5, 5.41) is 4.66. The Morgan fingerprint density at radius 2 is 2.04 bits per heavy atom. The molecule has 1 aromatic rings. The van der Waals surface area contributed by atoms with E-state index in [2.05, 4.69) is 10.6 Å². The SMILES string of the molecule is COCCNC(=O)Nc1ccc(N2CCOCC2)cc1C(F)(F)F. The van der Waals surface area contributed by atoms with E-state index in [0.29, 0.717) is 32.0 Å². The van der Waals surface area contributed by atoms with Gasteiger partial charge in [0.05, 0.1) is 31.1 Å². The smallest absolute Gasteiger partial charge is 0.383 e. The van der Waals surface area contributed by atoms with Gasteiger partial charge in [-0.1, -0.05) is 0 Å². The number of halogens is 3. The maximum absolute atomic E-state index is 13.3. The fraction of sp³-hybridized carbons (Fsp3) is 0.533. The number of carbonyl (C=O) groups excluding carboxylic acids is 1. The Kier molecular flexibility index (Phi) is 6.27. The van der Waals surface area contributed by atoms with Crippen LogP contribution < -0.4 is 15.5 Å². The van der Waals surface area contributed by atoms with E-state index in [9.17, 15) is 18.0 Å². The van der Waals surface area contributed by atoms with Crippen LogP contribution in [0.4, 0.5) is 29.3 Å². The van der Waals surface area contributed by atoms with Crippen molar-refractivity contribution in [3.63, 3.8) is 0 Å². The number of methoxy groups -OCH3 is 1. The minimum atomic E-state index is -4.57. The lowest BCUT2D eigenvalue weighted by Gasteiger charge is -2.29. The molecule has 24 heavy (non-hydrogen) atoms. The van der Waals surface area contributed by atoms with Crippen LogP contribution in [0.3, 0.4) is 0 Å². The van der Waals surface area contributed by atoms with E-state index in [4.69, 9.17) is 9.47 Å². The summed E-state index contributed by atoms with van der Waals surface area (Å²) in [7, 11) is 1.46. The van der Waals surface area contributed by atoms with Crippen LogP contribution in [0.15, 0.2) is 18.2 Å². The van der Waals surface area contributed by atoms with Crippen molar-refractivity contribution >= 4 is 17.4 Å². The zero-order valence-electron chi connectivity index (χ0n) is 13.3. The number of benzene rings is 1. The van der Waals surface area contributed by atoms with Gasteiger partial charge in [0.1, 0.15) is 0 Å². The molecule has 0 radical (unpaired) electrons. The van der Waals surface area contributed by atoms with E-state index in [1.807, 2.05) is 4.90 Å². The van der Waals surface area contributed by atoms with Crippen LogP contribution in [0.25, 0.3) is 0 Å². The molecule has 9 heteroatoms. The summed E-state index contributed by atoms with van der Waals surface area (Å²) in [4.78, 5) is 13.5. The molecular weight excluding hydrogens is 327 g/mol. The third-order valence-corrected chi connectivity index (χ3v) is 3.52. The normalized spacial score (nSPS) is 15.2. The van der Waals surface area contributed by atoms with Gasteiger partial charge in [0.25, 0.3) is 0 Å². The minimum Gasteiger partial charge on any atom is -0.383 e. The lowest BCUT2D eigenvalue weighted by Crippen LogP contribution is -2.36. The second kappa shape index (κ2) is 8.20. The number of nitrogens with zero attached hydrogens (tertiary/aromatic N) is 1. The molecule has 1 aliphatic rings. The number of hydrogen-bond acceptors (Lipinski definition) is 4. The van der Waals surface area contributed by atoms with Crippen LogP contribution in [0.5, 0.6) is 0 Å². The number of alkyl halides is 3. The summed E-state index contributed by atoms with van der Waals surface area (Å²) >= 11 is 0. The van der Waals surface area contributed by atoms with Gasteiger partial charge < -0.3 is 25.0 Å². The number of hydrogen-bond donors (Lipinski definition) is 2. The lowest BCUT2D eigenvalue weighted by atomic mass is 10.1. The molecule has 0 spiro atoms. The monoisotopic (exact) mass is 347 g/mol. The van der Waals surface area contributed by atoms with E-state index in [1.165, 1.54) is 13.2 Å². The van der Waals surface area contributed by atoms with Gasteiger partial charge in [-0.05, 0) is 18.2 Å². The van der Waals surface area contributed by atoms with Gasteiger partial charge in [-0.25, -0.2) is 4.79 Å². The standard InChI is InChI=1S/C15H20F3N3O3/c1-23-7-4-19-14(22)20-13-3-2-11(10-12(13)15(16,17)18)21-5-8-24-9-6-21/h2-3,10H,4-9H2,1H3,(H2,19,20,22). The number of anilines is 2. The molecule has 0 saturated carbocycles. The number of ether oxygens (including phenoxy) is 2. The van der Waals surface area contributed by atoms with Gasteiger partial charge in [-0.15, -0.1) is 0 Å². The largest absolute Gasteiger partial charge is 0.418 e. The van der Waals surface area contributed by atoms with Crippen LogP contribution in [0, 0.1) is 0 Å². The molecule has 1 aromatic carbocycles. The van der Waals surface area contributed by atoms with Crippen molar-refractivity contribution in [2.75, 3.05) is 56.8 Å². The molecule has 0 atom stereocenters. The van der Waals surface area contributed by atoms with Gasteiger partial charge >= 0.3 is 12.2 Å². The van der Waals surface area contributed by atoms with Crippen LogP contribution in [-0.4, -0.2) is 52.6 Å². The molecule has 0 unspecified atom stereocenters. The first kappa shape index (κ1) is 18.3. The average Bonchev–Trinajstić information content (AvgIpc) is 2.55.